The van der Waals surface area contributed by atoms with Crippen LogP contribution in [0.1, 0.15) is 28.4 Å². The number of rotatable bonds is 7. The van der Waals surface area contributed by atoms with E-state index in [1.54, 1.807) is 17.0 Å². The van der Waals surface area contributed by atoms with Crippen molar-refractivity contribution >= 4 is 17.5 Å². The lowest BCUT2D eigenvalue weighted by atomic mass is 10.1. The third-order valence-corrected chi connectivity index (χ3v) is 5.47. The maximum Gasteiger partial charge on any atom is 0.259 e. The smallest absolute Gasteiger partial charge is 0.259 e. The van der Waals surface area contributed by atoms with Crippen LogP contribution in [-0.2, 0) is 17.6 Å². The maximum absolute atomic E-state index is 13.2. The molecule has 0 saturated heterocycles. The molecule has 2 amide bonds. The second-order valence-electron chi connectivity index (χ2n) is 7.51. The standard InChI is InChI=1S/C26H26N2O3/c1-2-31-22-14-12-19(13-15-22)16-17-27-25(29)24-18-21-10-6-7-11-23(21)28(24)26(30)20-8-4-3-5-9-20/h3-15,24H,2,16-18H2,1H3,(H,27,29). The lowest BCUT2D eigenvalue weighted by molar-refractivity contribution is -0.122. The van der Waals surface area contributed by atoms with Crippen LogP contribution in [0.3, 0.4) is 0 Å². The minimum Gasteiger partial charge on any atom is -0.494 e. The Labute approximate surface area is 182 Å². The van der Waals surface area contributed by atoms with Crippen LogP contribution >= 0.6 is 0 Å². The Hall–Kier alpha value is -3.60. The van der Waals surface area contributed by atoms with Gasteiger partial charge in [0.05, 0.1) is 6.61 Å². The SMILES string of the molecule is CCOc1ccc(CCNC(=O)C2Cc3ccccc3N2C(=O)c2ccccc2)cc1. The second-order valence-corrected chi connectivity index (χ2v) is 7.51. The summed E-state index contributed by atoms with van der Waals surface area (Å²) in [6.45, 7) is 3.10. The molecular weight excluding hydrogens is 388 g/mol. The molecule has 3 aromatic carbocycles. The quantitative estimate of drug-likeness (QED) is 0.635. The summed E-state index contributed by atoms with van der Waals surface area (Å²) in [4.78, 5) is 27.9. The monoisotopic (exact) mass is 414 g/mol. The largest absolute Gasteiger partial charge is 0.494 e. The van der Waals surface area contributed by atoms with E-state index in [4.69, 9.17) is 4.74 Å². The van der Waals surface area contributed by atoms with Gasteiger partial charge in [-0.1, -0.05) is 48.5 Å². The number of carbonyl (C=O) groups excluding carboxylic acids is 2. The lowest BCUT2D eigenvalue weighted by Gasteiger charge is -2.25. The van der Waals surface area contributed by atoms with Crippen molar-refractivity contribution in [1.29, 1.82) is 0 Å². The molecule has 0 aliphatic carbocycles. The number of hydrogen-bond acceptors (Lipinski definition) is 3. The first kappa shape index (κ1) is 20.7. The minimum atomic E-state index is -0.551. The fourth-order valence-corrected chi connectivity index (χ4v) is 3.93. The van der Waals surface area contributed by atoms with Gasteiger partial charge in [-0.05, 0) is 54.8 Å². The molecule has 1 aliphatic heterocycles. The Kier molecular flexibility index (Phi) is 6.32. The van der Waals surface area contributed by atoms with E-state index in [1.165, 1.54) is 0 Å². The van der Waals surface area contributed by atoms with E-state index in [0.29, 0.717) is 31.6 Å². The Morgan fingerprint density at radius 1 is 0.968 bits per heavy atom. The molecule has 5 heteroatoms. The van der Waals surface area contributed by atoms with E-state index in [9.17, 15) is 9.59 Å². The number of hydrogen-bond donors (Lipinski definition) is 1. The molecule has 1 aliphatic rings. The molecule has 158 valence electrons. The number of nitrogens with one attached hydrogen (secondary N) is 1. The van der Waals surface area contributed by atoms with Gasteiger partial charge in [0.15, 0.2) is 0 Å². The average Bonchev–Trinajstić information content (AvgIpc) is 3.20. The Bertz CT molecular complexity index is 1050. The fraction of sp³-hybridized carbons (Fsp3) is 0.231. The van der Waals surface area contributed by atoms with Gasteiger partial charge in [-0.15, -0.1) is 0 Å². The molecule has 4 rings (SSSR count). The topological polar surface area (TPSA) is 58.6 Å². The van der Waals surface area contributed by atoms with E-state index in [-0.39, 0.29) is 11.8 Å². The first-order chi connectivity index (χ1) is 15.2. The number of carbonyl (C=O) groups is 2. The zero-order chi connectivity index (χ0) is 21.6. The molecule has 1 N–H and O–H groups in total. The van der Waals surface area contributed by atoms with E-state index in [0.717, 1.165) is 22.6 Å². The number of para-hydroxylation sites is 1. The van der Waals surface area contributed by atoms with Crippen LogP contribution in [0.2, 0.25) is 0 Å². The summed E-state index contributed by atoms with van der Waals surface area (Å²) < 4.78 is 5.47. The van der Waals surface area contributed by atoms with Gasteiger partial charge >= 0.3 is 0 Å². The van der Waals surface area contributed by atoms with Crippen LogP contribution in [0.25, 0.3) is 0 Å². The van der Waals surface area contributed by atoms with Crippen LogP contribution < -0.4 is 15.0 Å². The van der Waals surface area contributed by atoms with Gasteiger partial charge in [-0.3, -0.25) is 14.5 Å². The Balaban J connectivity index is 1.44. The van der Waals surface area contributed by atoms with Gasteiger partial charge in [0.1, 0.15) is 11.8 Å². The molecule has 0 aromatic heterocycles. The predicted molar refractivity (Wildman–Crippen MR) is 122 cm³/mol. The van der Waals surface area contributed by atoms with Gasteiger partial charge in [-0.25, -0.2) is 0 Å². The molecular formula is C26H26N2O3. The molecule has 31 heavy (non-hydrogen) atoms. The first-order valence-electron chi connectivity index (χ1n) is 10.6. The van der Waals surface area contributed by atoms with Crippen molar-refractivity contribution in [3.05, 3.63) is 95.6 Å². The summed E-state index contributed by atoms with van der Waals surface area (Å²) in [5.74, 6) is 0.553. The Morgan fingerprint density at radius 2 is 1.68 bits per heavy atom. The van der Waals surface area contributed by atoms with Gasteiger partial charge in [0.25, 0.3) is 5.91 Å². The summed E-state index contributed by atoms with van der Waals surface area (Å²) in [6, 6.07) is 24.2. The summed E-state index contributed by atoms with van der Waals surface area (Å²) in [5, 5.41) is 3.02. The third-order valence-electron chi connectivity index (χ3n) is 5.47. The van der Waals surface area contributed by atoms with Gasteiger partial charge in [0, 0.05) is 24.2 Å². The van der Waals surface area contributed by atoms with Crippen LogP contribution in [0.5, 0.6) is 5.75 Å². The minimum absolute atomic E-state index is 0.133. The van der Waals surface area contributed by atoms with Gasteiger partial charge in [-0.2, -0.15) is 0 Å². The first-order valence-corrected chi connectivity index (χ1v) is 10.6. The van der Waals surface area contributed by atoms with Crippen molar-refractivity contribution in [3.8, 4) is 5.75 Å². The van der Waals surface area contributed by atoms with Crippen LogP contribution in [0.4, 0.5) is 5.69 Å². The van der Waals surface area contributed by atoms with Gasteiger partial charge in [0.2, 0.25) is 5.91 Å². The molecule has 1 heterocycles. The summed E-state index contributed by atoms with van der Waals surface area (Å²) >= 11 is 0. The van der Waals surface area contributed by atoms with Crippen molar-refractivity contribution in [2.75, 3.05) is 18.1 Å². The molecule has 0 saturated carbocycles. The van der Waals surface area contributed by atoms with Crippen molar-refractivity contribution in [1.82, 2.24) is 5.32 Å². The fourth-order valence-electron chi connectivity index (χ4n) is 3.93. The molecule has 0 spiro atoms. The highest BCUT2D eigenvalue weighted by Crippen LogP contribution is 2.33. The van der Waals surface area contributed by atoms with E-state index in [1.807, 2.05) is 73.7 Å². The normalized spacial score (nSPS) is 14.7. The third kappa shape index (κ3) is 4.61. The van der Waals surface area contributed by atoms with Crippen molar-refractivity contribution in [3.63, 3.8) is 0 Å². The molecule has 1 atom stereocenters. The molecule has 0 bridgehead atoms. The maximum atomic E-state index is 13.2. The van der Waals surface area contributed by atoms with Crippen LogP contribution in [-0.4, -0.2) is 31.0 Å². The average molecular weight is 415 g/mol. The Morgan fingerprint density at radius 3 is 2.42 bits per heavy atom. The van der Waals surface area contributed by atoms with E-state index in [2.05, 4.69) is 5.32 Å². The van der Waals surface area contributed by atoms with Crippen molar-refractivity contribution in [2.24, 2.45) is 0 Å². The summed E-state index contributed by atoms with van der Waals surface area (Å²) in [7, 11) is 0. The molecule has 0 radical (unpaired) electrons. The highest BCUT2D eigenvalue weighted by molar-refractivity contribution is 6.11. The number of anilines is 1. The number of nitrogens with zero attached hydrogens (tertiary/aromatic N) is 1. The highest BCUT2D eigenvalue weighted by Gasteiger charge is 2.38. The summed E-state index contributed by atoms with van der Waals surface area (Å²) in [6.07, 6.45) is 1.23. The second kappa shape index (κ2) is 9.47. The lowest BCUT2D eigenvalue weighted by Crippen LogP contribution is -2.48. The molecule has 3 aromatic rings. The van der Waals surface area contributed by atoms with E-state index >= 15 is 0 Å². The summed E-state index contributed by atoms with van der Waals surface area (Å²) in [5.41, 5.74) is 3.52. The van der Waals surface area contributed by atoms with Crippen molar-refractivity contribution < 1.29 is 14.3 Å². The number of fused-ring (bicyclic) bond motifs is 1. The molecule has 0 fully saturated rings. The van der Waals surface area contributed by atoms with Gasteiger partial charge < -0.3 is 10.1 Å². The predicted octanol–water partition coefficient (Wildman–Crippen LogP) is 4.02. The number of amides is 2. The highest BCUT2D eigenvalue weighted by atomic mass is 16.5. The zero-order valence-electron chi connectivity index (χ0n) is 17.6. The van der Waals surface area contributed by atoms with E-state index < -0.39 is 6.04 Å². The number of benzene rings is 3. The number of ether oxygens (including phenoxy) is 1. The van der Waals surface area contributed by atoms with Crippen LogP contribution in [0.15, 0.2) is 78.9 Å². The van der Waals surface area contributed by atoms with Crippen LogP contribution in [0, 0.1) is 0 Å². The zero-order valence-corrected chi connectivity index (χ0v) is 17.6. The molecule has 1 unspecified atom stereocenters. The molecule has 5 nitrogen and oxygen atoms in total. The van der Waals surface area contributed by atoms with Crippen molar-refractivity contribution in [2.45, 2.75) is 25.8 Å².